The van der Waals surface area contributed by atoms with E-state index in [1.165, 1.54) is 6.42 Å². The summed E-state index contributed by atoms with van der Waals surface area (Å²) >= 11 is 0. The van der Waals surface area contributed by atoms with Crippen LogP contribution in [0.2, 0.25) is 0 Å². The first kappa shape index (κ1) is 21.6. The Labute approximate surface area is 180 Å². The van der Waals surface area contributed by atoms with Crippen molar-refractivity contribution in [2.24, 2.45) is 11.3 Å². The predicted molar refractivity (Wildman–Crippen MR) is 113 cm³/mol. The van der Waals surface area contributed by atoms with Gasteiger partial charge in [-0.25, -0.2) is 0 Å². The second-order valence-electron chi connectivity index (χ2n) is 9.63. The van der Waals surface area contributed by atoms with Crippen molar-refractivity contribution in [3.63, 3.8) is 0 Å². The lowest BCUT2D eigenvalue weighted by Gasteiger charge is -2.55. The van der Waals surface area contributed by atoms with Crippen LogP contribution in [0.5, 0.6) is 0 Å². The first-order chi connectivity index (χ1) is 14.6. The van der Waals surface area contributed by atoms with Gasteiger partial charge >= 0.3 is 0 Å². The molecule has 168 valence electrons. The standard InChI is InChI=1S/C23H37N3O4/c1-30-16-15-26-19-10-14-25(21(28)18-7-3-2-4-8-18)17-23(19,11-9-20(26)27)22(29)24-12-5-6-13-24/h18-19H,2-17H2,1H3/t19-,23+/m1/s1. The summed E-state index contributed by atoms with van der Waals surface area (Å²) in [4.78, 5) is 45.8. The van der Waals surface area contributed by atoms with Crippen LogP contribution < -0.4 is 0 Å². The van der Waals surface area contributed by atoms with Crippen LogP contribution in [0, 0.1) is 11.3 Å². The molecular weight excluding hydrogens is 382 g/mol. The SMILES string of the molecule is COCCN1C(=O)CC[C@]2(C(=O)N3CCCC3)CN(C(=O)C3CCCCC3)CC[C@@H]12. The third-order valence-corrected chi connectivity index (χ3v) is 7.89. The number of carbonyl (C=O) groups excluding carboxylic acids is 3. The minimum atomic E-state index is -0.658. The molecule has 1 aliphatic carbocycles. The van der Waals surface area contributed by atoms with Gasteiger partial charge in [0.1, 0.15) is 0 Å². The van der Waals surface area contributed by atoms with Gasteiger partial charge in [-0.15, -0.1) is 0 Å². The fourth-order valence-corrected chi connectivity index (χ4v) is 6.24. The quantitative estimate of drug-likeness (QED) is 0.684. The van der Waals surface area contributed by atoms with E-state index in [1.54, 1.807) is 7.11 Å². The summed E-state index contributed by atoms with van der Waals surface area (Å²) in [6.07, 6.45) is 9.15. The average molecular weight is 420 g/mol. The van der Waals surface area contributed by atoms with Crippen molar-refractivity contribution in [3.05, 3.63) is 0 Å². The Morgan fingerprint density at radius 2 is 1.73 bits per heavy atom. The fraction of sp³-hybridized carbons (Fsp3) is 0.870. The smallest absolute Gasteiger partial charge is 0.232 e. The van der Waals surface area contributed by atoms with Crippen LogP contribution in [0.15, 0.2) is 0 Å². The molecule has 0 aromatic carbocycles. The Morgan fingerprint density at radius 1 is 1.00 bits per heavy atom. The molecule has 7 nitrogen and oxygen atoms in total. The number of ether oxygens (including phenoxy) is 1. The Kier molecular flexibility index (Phi) is 6.66. The number of hydrogen-bond acceptors (Lipinski definition) is 4. The molecule has 7 heteroatoms. The fourth-order valence-electron chi connectivity index (χ4n) is 6.24. The summed E-state index contributed by atoms with van der Waals surface area (Å²) in [6, 6.07) is -0.127. The summed E-state index contributed by atoms with van der Waals surface area (Å²) in [5.41, 5.74) is -0.658. The van der Waals surface area contributed by atoms with Crippen LogP contribution in [-0.4, -0.2) is 84.9 Å². The zero-order valence-corrected chi connectivity index (χ0v) is 18.4. The zero-order chi connectivity index (χ0) is 21.1. The number of amides is 3. The van der Waals surface area contributed by atoms with Crippen molar-refractivity contribution in [2.75, 3.05) is 46.4 Å². The number of methoxy groups -OCH3 is 1. The molecule has 0 aromatic rings. The molecule has 3 aliphatic heterocycles. The van der Waals surface area contributed by atoms with Crippen molar-refractivity contribution < 1.29 is 19.1 Å². The number of fused-ring (bicyclic) bond motifs is 1. The van der Waals surface area contributed by atoms with E-state index in [1.807, 2.05) is 14.7 Å². The normalized spacial score (nSPS) is 30.5. The molecule has 4 fully saturated rings. The van der Waals surface area contributed by atoms with Crippen LogP contribution in [0.1, 0.15) is 64.2 Å². The van der Waals surface area contributed by atoms with Crippen LogP contribution in [0.25, 0.3) is 0 Å². The van der Waals surface area contributed by atoms with E-state index in [0.29, 0.717) is 45.5 Å². The highest BCUT2D eigenvalue weighted by molar-refractivity contribution is 5.89. The lowest BCUT2D eigenvalue weighted by atomic mass is 9.67. The molecule has 3 amide bonds. The van der Waals surface area contributed by atoms with E-state index >= 15 is 0 Å². The van der Waals surface area contributed by atoms with Gasteiger partial charge in [-0.1, -0.05) is 19.3 Å². The molecule has 0 bridgehead atoms. The Bertz CT molecular complexity index is 657. The molecule has 0 aromatic heterocycles. The number of rotatable bonds is 5. The van der Waals surface area contributed by atoms with Crippen LogP contribution >= 0.6 is 0 Å². The number of nitrogens with zero attached hydrogens (tertiary/aromatic N) is 3. The third-order valence-electron chi connectivity index (χ3n) is 7.89. The van der Waals surface area contributed by atoms with Gasteiger partial charge in [-0.05, 0) is 38.5 Å². The molecule has 1 saturated carbocycles. The average Bonchev–Trinajstić information content (AvgIpc) is 3.32. The lowest BCUT2D eigenvalue weighted by molar-refractivity contribution is -0.168. The van der Waals surface area contributed by atoms with Crippen molar-refractivity contribution in [1.29, 1.82) is 0 Å². The van der Waals surface area contributed by atoms with Gasteiger partial charge in [0.05, 0.1) is 12.0 Å². The summed E-state index contributed by atoms with van der Waals surface area (Å²) in [7, 11) is 1.64. The minimum absolute atomic E-state index is 0.115. The van der Waals surface area contributed by atoms with Gasteiger partial charge in [0.15, 0.2) is 0 Å². The van der Waals surface area contributed by atoms with Gasteiger partial charge in [0.2, 0.25) is 17.7 Å². The number of hydrogen-bond donors (Lipinski definition) is 0. The van der Waals surface area contributed by atoms with E-state index in [4.69, 9.17) is 4.74 Å². The van der Waals surface area contributed by atoms with E-state index in [-0.39, 0.29) is 29.7 Å². The Hall–Kier alpha value is -1.63. The van der Waals surface area contributed by atoms with Crippen LogP contribution in [0.4, 0.5) is 0 Å². The monoisotopic (exact) mass is 419 g/mol. The van der Waals surface area contributed by atoms with Crippen molar-refractivity contribution in [1.82, 2.24) is 14.7 Å². The number of piperidine rings is 2. The van der Waals surface area contributed by atoms with E-state index in [9.17, 15) is 14.4 Å². The molecule has 0 radical (unpaired) electrons. The van der Waals surface area contributed by atoms with E-state index < -0.39 is 5.41 Å². The van der Waals surface area contributed by atoms with Gasteiger partial charge < -0.3 is 19.4 Å². The first-order valence-electron chi connectivity index (χ1n) is 11.9. The molecule has 4 aliphatic rings. The second-order valence-corrected chi connectivity index (χ2v) is 9.63. The van der Waals surface area contributed by atoms with Crippen molar-refractivity contribution >= 4 is 17.7 Å². The minimum Gasteiger partial charge on any atom is -0.383 e. The topological polar surface area (TPSA) is 70.2 Å². The highest BCUT2D eigenvalue weighted by Gasteiger charge is 2.57. The summed E-state index contributed by atoms with van der Waals surface area (Å²) in [6.45, 7) is 3.71. The molecule has 3 heterocycles. The maximum atomic E-state index is 13.8. The predicted octanol–water partition coefficient (Wildman–Crippen LogP) is 2.05. The van der Waals surface area contributed by atoms with E-state index in [2.05, 4.69) is 0 Å². The molecule has 30 heavy (non-hydrogen) atoms. The van der Waals surface area contributed by atoms with Gasteiger partial charge in [0.25, 0.3) is 0 Å². The van der Waals surface area contributed by atoms with Gasteiger partial charge in [-0.3, -0.25) is 14.4 Å². The van der Waals surface area contributed by atoms with Crippen molar-refractivity contribution in [2.45, 2.75) is 70.3 Å². The zero-order valence-electron chi connectivity index (χ0n) is 18.4. The highest BCUT2D eigenvalue weighted by Crippen LogP contribution is 2.44. The molecule has 0 unspecified atom stereocenters. The molecule has 2 atom stereocenters. The van der Waals surface area contributed by atoms with Crippen molar-refractivity contribution in [3.8, 4) is 0 Å². The number of carbonyl (C=O) groups is 3. The Balaban J connectivity index is 1.60. The maximum Gasteiger partial charge on any atom is 0.232 e. The Morgan fingerprint density at radius 3 is 2.43 bits per heavy atom. The lowest BCUT2D eigenvalue weighted by Crippen LogP contribution is -2.68. The highest BCUT2D eigenvalue weighted by atomic mass is 16.5. The largest absolute Gasteiger partial charge is 0.383 e. The third kappa shape index (κ3) is 3.97. The second kappa shape index (κ2) is 9.25. The molecule has 0 N–H and O–H groups in total. The molecule has 3 saturated heterocycles. The number of likely N-dealkylation sites (tertiary alicyclic amines) is 3. The summed E-state index contributed by atoms with van der Waals surface area (Å²) in [5.74, 6) is 0.640. The summed E-state index contributed by atoms with van der Waals surface area (Å²) in [5, 5.41) is 0. The molecule has 0 spiro atoms. The van der Waals surface area contributed by atoms with E-state index in [0.717, 1.165) is 51.6 Å². The van der Waals surface area contributed by atoms with Crippen LogP contribution in [-0.2, 0) is 19.1 Å². The van der Waals surface area contributed by atoms with Crippen LogP contribution in [0.3, 0.4) is 0 Å². The summed E-state index contributed by atoms with van der Waals surface area (Å²) < 4.78 is 5.25. The molecule has 4 rings (SSSR count). The van der Waals surface area contributed by atoms with Gasteiger partial charge in [0, 0.05) is 58.2 Å². The van der Waals surface area contributed by atoms with Gasteiger partial charge in [-0.2, -0.15) is 0 Å². The maximum absolute atomic E-state index is 13.8. The molecular formula is C23H37N3O4. The first-order valence-corrected chi connectivity index (χ1v) is 11.9.